The number of hydrogen-bond donors (Lipinski definition) is 0. The second-order valence-corrected chi connectivity index (χ2v) is 4.70. The maximum Gasteiger partial charge on any atom is 0.0702 e. The van der Waals surface area contributed by atoms with Crippen molar-refractivity contribution in [1.82, 2.24) is 4.98 Å². The van der Waals surface area contributed by atoms with Crippen LogP contribution in [0, 0.1) is 16.7 Å². The Kier molecular flexibility index (Phi) is 2.62. The Morgan fingerprint density at radius 1 is 1.31 bits per heavy atom. The topological polar surface area (TPSA) is 36.7 Å². The van der Waals surface area contributed by atoms with Crippen LogP contribution in [0.25, 0.3) is 10.9 Å². The number of benzene rings is 1. The fraction of sp³-hybridized carbons (Fsp3) is 0.286. The molecule has 2 nitrogen and oxygen atoms in total. The third-order valence-corrected chi connectivity index (χ3v) is 2.62. The van der Waals surface area contributed by atoms with E-state index < -0.39 is 0 Å². The number of pyridine rings is 1. The second kappa shape index (κ2) is 3.94. The van der Waals surface area contributed by atoms with E-state index in [-0.39, 0.29) is 5.41 Å². The zero-order chi connectivity index (χ0) is 11.6. The van der Waals surface area contributed by atoms with Crippen LogP contribution in [0.1, 0.15) is 19.4 Å². The molecule has 1 heterocycles. The fourth-order valence-electron chi connectivity index (χ4n) is 1.78. The summed E-state index contributed by atoms with van der Waals surface area (Å²) in [4.78, 5) is 4.27. The van der Waals surface area contributed by atoms with E-state index in [0.29, 0.717) is 0 Å². The van der Waals surface area contributed by atoms with Gasteiger partial charge in [-0.15, -0.1) is 0 Å². The van der Waals surface area contributed by atoms with E-state index in [2.05, 4.69) is 23.2 Å². The first-order valence-corrected chi connectivity index (χ1v) is 5.36. The zero-order valence-electron chi connectivity index (χ0n) is 9.57. The number of rotatable bonds is 2. The first-order chi connectivity index (χ1) is 7.61. The van der Waals surface area contributed by atoms with Gasteiger partial charge in [0.15, 0.2) is 0 Å². The predicted octanol–water partition coefficient (Wildman–Crippen LogP) is 3.33. The van der Waals surface area contributed by atoms with E-state index in [1.807, 2.05) is 32.0 Å². The summed E-state index contributed by atoms with van der Waals surface area (Å²) in [5.41, 5.74) is 1.88. The molecule has 0 radical (unpaired) electrons. The van der Waals surface area contributed by atoms with Gasteiger partial charge in [-0.2, -0.15) is 5.26 Å². The number of aromatic nitrogens is 1. The molecule has 0 aliphatic heterocycles. The Morgan fingerprint density at radius 2 is 2.12 bits per heavy atom. The van der Waals surface area contributed by atoms with Gasteiger partial charge in [0.05, 0.1) is 17.0 Å². The summed E-state index contributed by atoms with van der Waals surface area (Å²) < 4.78 is 0. The monoisotopic (exact) mass is 210 g/mol. The van der Waals surface area contributed by atoms with E-state index >= 15 is 0 Å². The molecule has 16 heavy (non-hydrogen) atoms. The van der Waals surface area contributed by atoms with Gasteiger partial charge in [0.2, 0.25) is 0 Å². The number of hydrogen-bond acceptors (Lipinski definition) is 2. The fourth-order valence-corrected chi connectivity index (χ4v) is 1.78. The molecule has 1 aromatic heterocycles. The summed E-state index contributed by atoms with van der Waals surface area (Å²) in [6.07, 6.45) is 2.57. The molecular weight excluding hydrogens is 196 g/mol. The number of nitrogens with zero attached hydrogens (tertiary/aromatic N) is 2. The van der Waals surface area contributed by atoms with E-state index in [9.17, 15) is 0 Å². The van der Waals surface area contributed by atoms with Gasteiger partial charge in [0.25, 0.3) is 0 Å². The van der Waals surface area contributed by atoms with Crippen LogP contribution >= 0.6 is 0 Å². The van der Waals surface area contributed by atoms with Gasteiger partial charge in [-0.3, -0.25) is 4.98 Å². The first-order valence-electron chi connectivity index (χ1n) is 5.36. The van der Waals surface area contributed by atoms with E-state index in [4.69, 9.17) is 5.26 Å². The lowest BCUT2D eigenvalue weighted by molar-refractivity contribution is 0.494. The smallest absolute Gasteiger partial charge is 0.0702 e. The summed E-state index contributed by atoms with van der Waals surface area (Å²) >= 11 is 0. The molecule has 0 unspecified atom stereocenters. The highest BCUT2D eigenvalue weighted by molar-refractivity contribution is 5.78. The van der Waals surface area contributed by atoms with Crippen molar-refractivity contribution in [2.75, 3.05) is 0 Å². The number of nitriles is 1. The van der Waals surface area contributed by atoms with Crippen molar-refractivity contribution in [3.8, 4) is 6.07 Å². The van der Waals surface area contributed by atoms with E-state index in [1.54, 1.807) is 6.20 Å². The molecule has 0 aliphatic rings. The molecule has 0 spiro atoms. The summed E-state index contributed by atoms with van der Waals surface area (Å²) in [7, 11) is 0. The van der Waals surface area contributed by atoms with Crippen molar-refractivity contribution < 1.29 is 0 Å². The van der Waals surface area contributed by atoms with Crippen molar-refractivity contribution in [2.45, 2.75) is 20.3 Å². The molecule has 0 bridgehead atoms. The molecule has 0 N–H and O–H groups in total. The van der Waals surface area contributed by atoms with Gasteiger partial charge in [-0.1, -0.05) is 12.1 Å². The Hall–Kier alpha value is -1.88. The third kappa shape index (κ3) is 2.20. The van der Waals surface area contributed by atoms with Crippen LogP contribution in [0.5, 0.6) is 0 Å². The number of fused-ring (bicyclic) bond motifs is 1. The Balaban J connectivity index is 2.37. The molecule has 2 heteroatoms. The molecule has 2 rings (SSSR count). The van der Waals surface area contributed by atoms with E-state index in [1.165, 1.54) is 5.56 Å². The van der Waals surface area contributed by atoms with Crippen LogP contribution in [0.15, 0.2) is 36.5 Å². The lowest BCUT2D eigenvalue weighted by atomic mass is 9.87. The molecule has 80 valence electrons. The summed E-state index contributed by atoms with van der Waals surface area (Å²) in [6.45, 7) is 3.92. The molecule has 0 aliphatic carbocycles. The van der Waals surface area contributed by atoms with Crippen LogP contribution < -0.4 is 0 Å². The quantitative estimate of drug-likeness (QED) is 0.762. The minimum atomic E-state index is -0.310. The minimum absolute atomic E-state index is 0.310. The van der Waals surface area contributed by atoms with Crippen LogP contribution in [0.3, 0.4) is 0 Å². The summed E-state index contributed by atoms with van der Waals surface area (Å²) in [6, 6.07) is 12.5. The van der Waals surface area contributed by atoms with Crippen LogP contribution in [0.2, 0.25) is 0 Å². The zero-order valence-corrected chi connectivity index (χ0v) is 9.57. The van der Waals surface area contributed by atoms with Crippen molar-refractivity contribution in [2.24, 2.45) is 5.41 Å². The van der Waals surface area contributed by atoms with Gasteiger partial charge in [-0.05, 0) is 44.0 Å². The van der Waals surface area contributed by atoms with Crippen LogP contribution in [0.4, 0.5) is 0 Å². The average molecular weight is 210 g/mol. The van der Waals surface area contributed by atoms with Crippen LogP contribution in [-0.4, -0.2) is 4.98 Å². The Labute approximate surface area is 95.6 Å². The largest absolute Gasteiger partial charge is 0.256 e. The van der Waals surface area contributed by atoms with Crippen molar-refractivity contribution >= 4 is 10.9 Å². The SMILES string of the molecule is CC(C)(C#N)Cc1ccc2ncccc2c1. The molecular formula is C14H14N2. The van der Waals surface area contributed by atoms with Gasteiger partial charge in [0, 0.05) is 11.6 Å². The third-order valence-electron chi connectivity index (χ3n) is 2.62. The minimum Gasteiger partial charge on any atom is -0.256 e. The van der Waals surface area contributed by atoms with Crippen molar-refractivity contribution in [3.63, 3.8) is 0 Å². The van der Waals surface area contributed by atoms with Crippen molar-refractivity contribution in [3.05, 3.63) is 42.1 Å². The van der Waals surface area contributed by atoms with Crippen molar-refractivity contribution in [1.29, 1.82) is 5.26 Å². The highest BCUT2D eigenvalue weighted by Crippen LogP contribution is 2.22. The normalized spacial score (nSPS) is 11.3. The maximum absolute atomic E-state index is 9.01. The summed E-state index contributed by atoms with van der Waals surface area (Å²) in [5.74, 6) is 0. The first kappa shape index (κ1) is 10.6. The molecule has 0 amide bonds. The second-order valence-electron chi connectivity index (χ2n) is 4.70. The maximum atomic E-state index is 9.01. The molecule has 0 saturated carbocycles. The molecule has 1 aromatic carbocycles. The van der Waals surface area contributed by atoms with E-state index in [0.717, 1.165) is 17.3 Å². The van der Waals surface area contributed by atoms with Crippen LogP contribution in [-0.2, 0) is 6.42 Å². The highest BCUT2D eigenvalue weighted by Gasteiger charge is 2.17. The predicted molar refractivity (Wildman–Crippen MR) is 64.8 cm³/mol. The lowest BCUT2D eigenvalue weighted by Crippen LogP contribution is -2.11. The molecule has 2 aromatic rings. The Morgan fingerprint density at radius 3 is 2.88 bits per heavy atom. The van der Waals surface area contributed by atoms with Gasteiger partial charge >= 0.3 is 0 Å². The standard InChI is InChI=1S/C14H14N2/c1-14(2,10-15)9-11-5-6-13-12(8-11)4-3-7-16-13/h3-8H,9H2,1-2H3. The molecule has 0 atom stereocenters. The molecule has 0 fully saturated rings. The highest BCUT2D eigenvalue weighted by atomic mass is 14.6. The van der Waals surface area contributed by atoms with Gasteiger partial charge in [0.1, 0.15) is 0 Å². The summed E-state index contributed by atoms with van der Waals surface area (Å²) in [5, 5.41) is 10.1. The Bertz CT molecular complexity index is 550. The lowest BCUT2D eigenvalue weighted by Gasteiger charge is -2.15. The average Bonchev–Trinajstić information content (AvgIpc) is 2.28. The van der Waals surface area contributed by atoms with Gasteiger partial charge < -0.3 is 0 Å². The van der Waals surface area contributed by atoms with Gasteiger partial charge in [-0.25, -0.2) is 0 Å². The molecule has 0 saturated heterocycles.